The number of aliphatic hydroxyl groups excluding tert-OH is 1. The van der Waals surface area contributed by atoms with Gasteiger partial charge in [-0.05, 0) is 25.2 Å². The van der Waals surface area contributed by atoms with E-state index in [1.165, 1.54) is 6.42 Å². The van der Waals surface area contributed by atoms with E-state index >= 15 is 0 Å². The maximum Gasteiger partial charge on any atom is 0.0542 e. The second-order valence-electron chi connectivity index (χ2n) is 2.62. The minimum atomic E-state index is -0.0602. The summed E-state index contributed by atoms with van der Waals surface area (Å²) < 4.78 is 0. The second kappa shape index (κ2) is 1.48. The zero-order chi connectivity index (χ0) is 5.44. The van der Waals surface area contributed by atoms with Gasteiger partial charge in [0, 0.05) is 0 Å². The third-order valence-electron chi connectivity index (χ3n) is 1.79. The first-order valence-electron chi connectivity index (χ1n) is 2.90. The number of hydrogen-bond donors (Lipinski definition) is 1. The first kappa shape index (κ1) is 5.10. The average Bonchev–Trinajstić information content (AvgIpc) is 2.17. The Morgan fingerprint density at radius 3 is 2.14 bits per heavy atom. The van der Waals surface area contributed by atoms with E-state index in [0.29, 0.717) is 5.92 Å². The molecule has 1 rings (SSSR count). The standard InChI is InChI=1S/C6H12O/c1-4-3-6(4)5(2)7/h4-7H,3H2,1-2H3/t4-,5+,6-/m1/s1. The van der Waals surface area contributed by atoms with Crippen molar-refractivity contribution in [2.75, 3.05) is 0 Å². The average molecular weight is 100 g/mol. The molecule has 1 aliphatic carbocycles. The highest BCUT2D eigenvalue weighted by atomic mass is 16.3. The Bertz CT molecular complexity index is 68.6. The quantitative estimate of drug-likeness (QED) is 0.521. The Kier molecular flexibility index (Phi) is 1.08. The van der Waals surface area contributed by atoms with Crippen LogP contribution in [-0.4, -0.2) is 11.2 Å². The molecule has 0 saturated heterocycles. The van der Waals surface area contributed by atoms with E-state index in [1.54, 1.807) is 0 Å². The molecule has 3 atom stereocenters. The summed E-state index contributed by atoms with van der Waals surface area (Å²) in [5.74, 6) is 1.42. The van der Waals surface area contributed by atoms with Gasteiger partial charge in [-0.25, -0.2) is 0 Å². The highest BCUT2D eigenvalue weighted by molar-refractivity contribution is 4.85. The molecule has 0 unspecified atom stereocenters. The Balaban J connectivity index is 2.20. The van der Waals surface area contributed by atoms with Crippen molar-refractivity contribution in [2.45, 2.75) is 26.4 Å². The molecule has 42 valence electrons. The Morgan fingerprint density at radius 2 is 2.14 bits per heavy atom. The van der Waals surface area contributed by atoms with Crippen LogP contribution in [0.3, 0.4) is 0 Å². The Labute approximate surface area is 44.4 Å². The second-order valence-corrected chi connectivity index (χ2v) is 2.62. The van der Waals surface area contributed by atoms with Gasteiger partial charge in [0.15, 0.2) is 0 Å². The lowest BCUT2D eigenvalue weighted by Crippen LogP contribution is -2.02. The lowest BCUT2D eigenvalue weighted by molar-refractivity contribution is 0.165. The van der Waals surface area contributed by atoms with Gasteiger partial charge in [-0.1, -0.05) is 6.92 Å². The van der Waals surface area contributed by atoms with E-state index in [1.807, 2.05) is 6.92 Å². The minimum Gasteiger partial charge on any atom is -0.393 e. The monoisotopic (exact) mass is 100 g/mol. The molecule has 0 radical (unpaired) electrons. The van der Waals surface area contributed by atoms with Crippen molar-refractivity contribution in [1.29, 1.82) is 0 Å². The number of aliphatic hydroxyl groups is 1. The molecule has 1 nitrogen and oxygen atoms in total. The molecule has 1 saturated carbocycles. The van der Waals surface area contributed by atoms with Crippen molar-refractivity contribution < 1.29 is 5.11 Å². The van der Waals surface area contributed by atoms with Gasteiger partial charge in [0.25, 0.3) is 0 Å². The Morgan fingerprint density at radius 1 is 1.71 bits per heavy atom. The zero-order valence-corrected chi connectivity index (χ0v) is 4.89. The van der Waals surface area contributed by atoms with Crippen LogP contribution in [0.15, 0.2) is 0 Å². The summed E-state index contributed by atoms with van der Waals surface area (Å²) in [6, 6.07) is 0. The van der Waals surface area contributed by atoms with E-state index in [9.17, 15) is 0 Å². The van der Waals surface area contributed by atoms with Gasteiger partial charge in [0.2, 0.25) is 0 Å². The summed E-state index contributed by atoms with van der Waals surface area (Å²) in [4.78, 5) is 0. The van der Waals surface area contributed by atoms with Crippen molar-refractivity contribution in [3.63, 3.8) is 0 Å². The topological polar surface area (TPSA) is 20.2 Å². The molecular weight excluding hydrogens is 88.1 g/mol. The summed E-state index contributed by atoms with van der Waals surface area (Å²) in [5, 5.41) is 8.86. The molecule has 1 aliphatic rings. The predicted octanol–water partition coefficient (Wildman–Crippen LogP) is 1.02. The SMILES string of the molecule is C[C@H](O)[C@@H]1C[C@H]1C. The zero-order valence-electron chi connectivity index (χ0n) is 4.89. The summed E-state index contributed by atoms with van der Waals surface area (Å²) in [6.07, 6.45) is 1.17. The molecule has 0 spiro atoms. The fraction of sp³-hybridized carbons (Fsp3) is 1.00. The number of rotatable bonds is 1. The van der Waals surface area contributed by atoms with Crippen molar-refractivity contribution >= 4 is 0 Å². The molecule has 0 aliphatic heterocycles. The summed E-state index contributed by atoms with van der Waals surface area (Å²) >= 11 is 0. The van der Waals surface area contributed by atoms with Crippen LogP contribution in [0, 0.1) is 11.8 Å². The number of hydrogen-bond acceptors (Lipinski definition) is 1. The Hall–Kier alpha value is -0.0400. The predicted molar refractivity (Wildman–Crippen MR) is 29.0 cm³/mol. The highest BCUT2D eigenvalue weighted by Gasteiger charge is 2.35. The fourth-order valence-electron chi connectivity index (χ4n) is 1.02. The first-order chi connectivity index (χ1) is 3.22. The lowest BCUT2D eigenvalue weighted by atomic mass is 10.2. The molecular formula is C6H12O. The highest BCUT2D eigenvalue weighted by Crippen LogP contribution is 2.40. The maximum absolute atomic E-state index is 8.86. The normalized spacial score (nSPS) is 43.3. The van der Waals surface area contributed by atoms with Gasteiger partial charge in [0.05, 0.1) is 6.10 Å². The molecule has 0 aromatic heterocycles. The maximum atomic E-state index is 8.86. The largest absolute Gasteiger partial charge is 0.393 e. The van der Waals surface area contributed by atoms with Crippen LogP contribution in [0.4, 0.5) is 0 Å². The van der Waals surface area contributed by atoms with Crippen LogP contribution in [0.2, 0.25) is 0 Å². The fourth-order valence-corrected chi connectivity index (χ4v) is 1.02. The smallest absolute Gasteiger partial charge is 0.0542 e. The van der Waals surface area contributed by atoms with Crippen LogP contribution < -0.4 is 0 Å². The van der Waals surface area contributed by atoms with Crippen LogP contribution >= 0.6 is 0 Å². The van der Waals surface area contributed by atoms with Gasteiger partial charge in [0.1, 0.15) is 0 Å². The molecule has 0 aromatic carbocycles. The lowest BCUT2D eigenvalue weighted by Gasteiger charge is -1.96. The molecule has 0 bridgehead atoms. The molecule has 7 heavy (non-hydrogen) atoms. The molecule has 1 fully saturated rings. The minimum absolute atomic E-state index is 0.0602. The van der Waals surface area contributed by atoms with Crippen molar-refractivity contribution in [3.05, 3.63) is 0 Å². The van der Waals surface area contributed by atoms with Gasteiger partial charge in [-0.2, -0.15) is 0 Å². The molecule has 0 aromatic rings. The van der Waals surface area contributed by atoms with E-state index in [2.05, 4.69) is 6.92 Å². The molecule has 0 amide bonds. The summed E-state index contributed by atoms with van der Waals surface area (Å²) in [7, 11) is 0. The van der Waals surface area contributed by atoms with Gasteiger partial charge >= 0.3 is 0 Å². The van der Waals surface area contributed by atoms with Crippen molar-refractivity contribution in [2.24, 2.45) is 11.8 Å². The van der Waals surface area contributed by atoms with E-state index in [4.69, 9.17) is 5.11 Å². The van der Waals surface area contributed by atoms with Crippen molar-refractivity contribution in [1.82, 2.24) is 0 Å². The van der Waals surface area contributed by atoms with Gasteiger partial charge in [-0.3, -0.25) is 0 Å². The third kappa shape index (κ3) is 0.942. The van der Waals surface area contributed by atoms with Crippen molar-refractivity contribution in [3.8, 4) is 0 Å². The summed E-state index contributed by atoms with van der Waals surface area (Å²) in [5.41, 5.74) is 0. The van der Waals surface area contributed by atoms with Gasteiger partial charge in [-0.15, -0.1) is 0 Å². The molecule has 0 heterocycles. The molecule has 1 heteroatoms. The van der Waals surface area contributed by atoms with Crippen LogP contribution in [0.1, 0.15) is 20.3 Å². The summed E-state index contributed by atoms with van der Waals surface area (Å²) in [6.45, 7) is 4.05. The van der Waals surface area contributed by atoms with Crippen LogP contribution in [0.25, 0.3) is 0 Å². The van der Waals surface area contributed by atoms with Crippen LogP contribution in [-0.2, 0) is 0 Å². The van der Waals surface area contributed by atoms with E-state index in [-0.39, 0.29) is 6.10 Å². The van der Waals surface area contributed by atoms with E-state index < -0.39 is 0 Å². The van der Waals surface area contributed by atoms with E-state index in [0.717, 1.165) is 5.92 Å². The third-order valence-corrected chi connectivity index (χ3v) is 1.79. The molecule has 1 N–H and O–H groups in total. The first-order valence-corrected chi connectivity index (χ1v) is 2.90. The van der Waals surface area contributed by atoms with Gasteiger partial charge < -0.3 is 5.11 Å². The van der Waals surface area contributed by atoms with Crippen LogP contribution in [0.5, 0.6) is 0 Å².